The Morgan fingerprint density at radius 2 is 2.11 bits per heavy atom. The van der Waals surface area contributed by atoms with E-state index in [1.807, 2.05) is 35.8 Å². The first-order valence-corrected chi connectivity index (χ1v) is 6.45. The van der Waals surface area contributed by atoms with Gasteiger partial charge in [0.15, 0.2) is 0 Å². The molecule has 1 unspecified atom stereocenters. The van der Waals surface area contributed by atoms with Gasteiger partial charge in [-0.3, -0.25) is 0 Å². The van der Waals surface area contributed by atoms with Crippen molar-refractivity contribution in [2.75, 3.05) is 6.61 Å². The topological polar surface area (TPSA) is 64.1 Å². The lowest BCUT2D eigenvalue weighted by Gasteiger charge is -2.24. The Morgan fingerprint density at radius 3 is 2.78 bits per heavy atom. The lowest BCUT2D eigenvalue weighted by molar-refractivity contribution is 0.270. The number of nitrogens with two attached hydrogens (primary N) is 1. The van der Waals surface area contributed by atoms with Gasteiger partial charge in [-0.1, -0.05) is 25.5 Å². The summed E-state index contributed by atoms with van der Waals surface area (Å²) in [5, 5.41) is 9.23. The molecule has 0 aliphatic heterocycles. The Labute approximate surface area is 107 Å². The first-order valence-electron chi connectivity index (χ1n) is 6.45. The fourth-order valence-corrected chi connectivity index (χ4v) is 2.47. The van der Waals surface area contributed by atoms with E-state index < -0.39 is 5.54 Å². The van der Waals surface area contributed by atoms with E-state index in [-0.39, 0.29) is 6.61 Å². The Hall–Kier alpha value is -1.39. The third-order valence-corrected chi connectivity index (χ3v) is 3.26. The molecule has 0 amide bonds. The largest absolute Gasteiger partial charge is 0.395 e. The number of imidazole rings is 1. The lowest BCUT2D eigenvalue weighted by atomic mass is 9.96. The van der Waals surface area contributed by atoms with Crippen molar-refractivity contribution in [3.63, 3.8) is 0 Å². The van der Waals surface area contributed by atoms with Crippen LogP contribution in [0.3, 0.4) is 0 Å². The molecule has 4 nitrogen and oxygen atoms in total. The number of benzene rings is 1. The van der Waals surface area contributed by atoms with E-state index in [0.29, 0.717) is 6.54 Å². The molecule has 4 heteroatoms. The zero-order valence-corrected chi connectivity index (χ0v) is 11.1. The van der Waals surface area contributed by atoms with E-state index in [1.165, 1.54) is 0 Å². The first-order chi connectivity index (χ1) is 8.60. The maximum absolute atomic E-state index is 9.23. The molecule has 18 heavy (non-hydrogen) atoms. The van der Waals surface area contributed by atoms with Gasteiger partial charge in [-0.2, -0.15) is 0 Å². The summed E-state index contributed by atoms with van der Waals surface area (Å²) >= 11 is 0. The molecular formula is C14H21N3O. The van der Waals surface area contributed by atoms with Gasteiger partial charge >= 0.3 is 0 Å². The number of fused-ring (bicyclic) bond motifs is 1. The second kappa shape index (κ2) is 5.08. The molecule has 2 rings (SSSR count). The van der Waals surface area contributed by atoms with Crippen LogP contribution >= 0.6 is 0 Å². The lowest BCUT2D eigenvalue weighted by Crippen LogP contribution is -2.36. The third-order valence-electron chi connectivity index (χ3n) is 3.26. The Bertz CT molecular complexity index is 531. The molecule has 0 saturated heterocycles. The van der Waals surface area contributed by atoms with Crippen LogP contribution in [-0.2, 0) is 12.1 Å². The summed E-state index contributed by atoms with van der Waals surface area (Å²) in [5.41, 5.74) is 7.90. The van der Waals surface area contributed by atoms with Crippen molar-refractivity contribution >= 4 is 11.0 Å². The number of para-hydroxylation sites is 2. The van der Waals surface area contributed by atoms with Crippen molar-refractivity contribution in [1.29, 1.82) is 0 Å². The van der Waals surface area contributed by atoms with Gasteiger partial charge in [0.2, 0.25) is 0 Å². The van der Waals surface area contributed by atoms with Gasteiger partial charge in [0.1, 0.15) is 5.82 Å². The maximum Gasteiger partial charge on any atom is 0.129 e. The van der Waals surface area contributed by atoms with Crippen LogP contribution in [0.25, 0.3) is 11.0 Å². The summed E-state index contributed by atoms with van der Waals surface area (Å²) in [4.78, 5) is 4.65. The number of aliphatic hydroxyl groups excluding tert-OH is 1. The molecule has 0 saturated carbocycles. The molecule has 1 aromatic carbocycles. The van der Waals surface area contributed by atoms with Crippen molar-refractivity contribution in [3.8, 4) is 0 Å². The van der Waals surface area contributed by atoms with Gasteiger partial charge in [0.05, 0.1) is 23.2 Å². The van der Waals surface area contributed by atoms with Crippen molar-refractivity contribution < 1.29 is 5.11 Å². The van der Waals surface area contributed by atoms with Crippen LogP contribution in [-0.4, -0.2) is 21.3 Å². The zero-order valence-electron chi connectivity index (χ0n) is 11.1. The standard InChI is InChI=1S/C14H21N3O/c1-3-8-14(2,15)13-16-11-6-4-5-7-12(11)17(13)9-10-18/h4-7,18H,3,8-10,15H2,1-2H3. The highest BCUT2D eigenvalue weighted by molar-refractivity contribution is 5.76. The van der Waals surface area contributed by atoms with Crippen LogP contribution in [0.2, 0.25) is 0 Å². The quantitative estimate of drug-likeness (QED) is 0.849. The van der Waals surface area contributed by atoms with Gasteiger partial charge in [0.25, 0.3) is 0 Å². The zero-order chi connectivity index (χ0) is 13.2. The average molecular weight is 247 g/mol. The molecular weight excluding hydrogens is 226 g/mol. The fraction of sp³-hybridized carbons (Fsp3) is 0.500. The van der Waals surface area contributed by atoms with Crippen LogP contribution in [0.5, 0.6) is 0 Å². The molecule has 3 N–H and O–H groups in total. The van der Waals surface area contributed by atoms with Gasteiger partial charge in [-0.15, -0.1) is 0 Å². The van der Waals surface area contributed by atoms with E-state index in [9.17, 15) is 5.11 Å². The molecule has 2 aromatic rings. The average Bonchev–Trinajstić information content (AvgIpc) is 2.70. The van der Waals surface area contributed by atoms with Crippen LogP contribution in [0.15, 0.2) is 24.3 Å². The Balaban J connectivity index is 2.58. The molecule has 0 spiro atoms. The number of hydrogen-bond acceptors (Lipinski definition) is 3. The van der Waals surface area contributed by atoms with E-state index in [0.717, 1.165) is 29.7 Å². The number of hydrogen-bond donors (Lipinski definition) is 2. The van der Waals surface area contributed by atoms with Crippen molar-refractivity contribution in [3.05, 3.63) is 30.1 Å². The second-order valence-corrected chi connectivity index (χ2v) is 4.97. The third kappa shape index (κ3) is 2.26. The predicted octanol–water partition coefficient (Wildman–Crippen LogP) is 2.00. The molecule has 0 fully saturated rings. The molecule has 98 valence electrons. The van der Waals surface area contributed by atoms with Crippen LogP contribution in [0.4, 0.5) is 0 Å². The smallest absolute Gasteiger partial charge is 0.129 e. The normalized spacial score (nSPS) is 14.9. The van der Waals surface area contributed by atoms with Gasteiger partial charge in [0, 0.05) is 6.54 Å². The highest BCUT2D eigenvalue weighted by Gasteiger charge is 2.27. The summed E-state index contributed by atoms with van der Waals surface area (Å²) < 4.78 is 2.03. The first kappa shape index (κ1) is 13.1. The summed E-state index contributed by atoms with van der Waals surface area (Å²) in [6, 6.07) is 7.95. The molecule has 0 aliphatic rings. The van der Waals surface area contributed by atoms with Crippen molar-refractivity contribution in [2.24, 2.45) is 5.73 Å². The number of aromatic nitrogens is 2. The van der Waals surface area contributed by atoms with Gasteiger partial charge in [-0.25, -0.2) is 4.98 Å². The molecule has 0 radical (unpaired) electrons. The summed E-state index contributed by atoms with van der Waals surface area (Å²) in [6.07, 6.45) is 1.89. The summed E-state index contributed by atoms with van der Waals surface area (Å²) in [5.74, 6) is 0.861. The highest BCUT2D eigenvalue weighted by Crippen LogP contribution is 2.26. The minimum Gasteiger partial charge on any atom is -0.395 e. The summed E-state index contributed by atoms with van der Waals surface area (Å²) in [7, 11) is 0. The Kier molecular flexibility index (Phi) is 3.68. The number of nitrogens with zero attached hydrogens (tertiary/aromatic N) is 2. The molecule has 0 aliphatic carbocycles. The van der Waals surface area contributed by atoms with Gasteiger partial charge in [-0.05, 0) is 25.5 Å². The molecule has 1 aromatic heterocycles. The predicted molar refractivity (Wildman–Crippen MR) is 73.3 cm³/mol. The van der Waals surface area contributed by atoms with E-state index in [2.05, 4.69) is 11.9 Å². The molecule has 1 atom stereocenters. The molecule has 0 bridgehead atoms. The van der Waals surface area contributed by atoms with Crippen LogP contribution in [0.1, 0.15) is 32.5 Å². The van der Waals surface area contributed by atoms with Crippen LogP contribution in [0, 0.1) is 0 Å². The minimum absolute atomic E-state index is 0.0928. The SMILES string of the molecule is CCCC(C)(N)c1nc2ccccc2n1CCO. The van der Waals surface area contributed by atoms with Crippen molar-refractivity contribution in [2.45, 2.75) is 38.8 Å². The van der Waals surface area contributed by atoms with E-state index in [1.54, 1.807) is 0 Å². The number of rotatable bonds is 5. The monoisotopic (exact) mass is 247 g/mol. The Morgan fingerprint density at radius 1 is 1.39 bits per heavy atom. The van der Waals surface area contributed by atoms with Gasteiger partial charge < -0.3 is 15.4 Å². The number of aliphatic hydroxyl groups is 1. The minimum atomic E-state index is -0.455. The molecule has 1 heterocycles. The van der Waals surface area contributed by atoms with Crippen molar-refractivity contribution in [1.82, 2.24) is 9.55 Å². The summed E-state index contributed by atoms with van der Waals surface area (Å²) in [6.45, 7) is 4.75. The van der Waals surface area contributed by atoms with E-state index in [4.69, 9.17) is 5.73 Å². The highest BCUT2D eigenvalue weighted by atomic mass is 16.3. The second-order valence-electron chi connectivity index (χ2n) is 4.97. The maximum atomic E-state index is 9.23. The fourth-order valence-electron chi connectivity index (χ4n) is 2.47. The van der Waals surface area contributed by atoms with Crippen LogP contribution < -0.4 is 5.73 Å². The van der Waals surface area contributed by atoms with E-state index >= 15 is 0 Å².